The first-order valence-corrected chi connectivity index (χ1v) is 7.59. The van der Waals surface area contributed by atoms with Gasteiger partial charge in [-0.05, 0) is 0 Å². The molecule has 0 amide bonds. The Hall–Kier alpha value is -0.840. The molecular formula is C14H30N4O4+2. The molecule has 1 rings (SSSR count). The topological polar surface area (TPSA) is 133 Å². The van der Waals surface area contributed by atoms with Gasteiger partial charge in [-0.15, -0.1) is 0 Å². The minimum atomic E-state index is -0.0608. The quantitative estimate of drug-likeness (QED) is 0.241. The first-order chi connectivity index (χ1) is 10.6. The average Bonchev–Trinajstić information content (AvgIpc) is 2.50. The van der Waals surface area contributed by atoms with Gasteiger partial charge >= 0.3 is 0 Å². The highest BCUT2D eigenvalue weighted by Gasteiger charge is 2.45. The summed E-state index contributed by atoms with van der Waals surface area (Å²) < 4.78 is 0.514. The molecule has 8 N–H and O–H groups in total. The smallest absolute Gasteiger partial charge is 0.182 e. The first kappa shape index (κ1) is 19.2. The van der Waals surface area contributed by atoms with Gasteiger partial charge < -0.3 is 31.9 Å². The molecule has 8 heteroatoms. The molecule has 0 aliphatic carbocycles. The summed E-state index contributed by atoms with van der Waals surface area (Å²) in [5.74, 6) is 0. The summed E-state index contributed by atoms with van der Waals surface area (Å²) in [6.45, 7) is 1.87. The van der Waals surface area contributed by atoms with Gasteiger partial charge in [0.05, 0.1) is 39.5 Å². The number of hydrogen-bond donors (Lipinski definition) is 6. The van der Waals surface area contributed by atoms with Crippen molar-refractivity contribution in [1.29, 1.82) is 0 Å². The Morgan fingerprint density at radius 3 is 1.32 bits per heavy atom. The van der Waals surface area contributed by atoms with Crippen molar-refractivity contribution in [3.8, 4) is 0 Å². The van der Waals surface area contributed by atoms with Crippen LogP contribution in [0.1, 0.15) is 0 Å². The van der Waals surface area contributed by atoms with Crippen molar-refractivity contribution in [2.24, 2.45) is 11.5 Å². The highest BCUT2D eigenvalue weighted by molar-refractivity contribution is 5.07. The second-order valence-electron chi connectivity index (χ2n) is 5.51. The molecular weight excluding hydrogens is 288 g/mol. The summed E-state index contributed by atoms with van der Waals surface area (Å²) in [6, 6.07) is 0. The Morgan fingerprint density at radius 1 is 0.682 bits per heavy atom. The molecule has 0 atom stereocenters. The third-order valence-electron chi connectivity index (χ3n) is 4.33. The Kier molecular flexibility index (Phi) is 7.60. The van der Waals surface area contributed by atoms with Crippen LogP contribution in [-0.2, 0) is 0 Å². The van der Waals surface area contributed by atoms with Crippen LogP contribution in [0.5, 0.6) is 0 Å². The van der Waals surface area contributed by atoms with Crippen LogP contribution in [0.3, 0.4) is 0 Å². The molecule has 1 aliphatic heterocycles. The molecule has 0 aromatic heterocycles. The number of nitrogens with two attached hydrogens (primary N) is 2. The van der Waals surface area contributed by atoms with Crippen LogP contribution in [-0.4, -0.2) is 95.1 Å². The molecule has 0 bridgehead atoms. The minimum Gasteiger partial charge on any atom is -0.390 e. The maximum atomic E-state index is 9.46. The molecule has 0 aromatic carbocycles. The zero-order chi connectivity index (χ0) is 16.6. The second kappa shape index (κ2) is 8.70. The van der Waals surface area contributed by atoms with Gasteiger partial charge in [-0.3, -0.25) is 8.97 Å². The number of hydrogen-bond acceptors (Lipinski definition) is 6. The molecule has 1 heterocycles. The fraction of sp³-hybridized carbons (Fsp3) is 0.714. The number of nitrogens with zero attached hydrogens (tertiary/aromatic N) is 2. The Balaban J connectivity index is 3.40. The molecule has 0 fully saturated rings. The van der Waals surface area contributed by atoms with Gasteiger partial charge in [0.15, 0.2) is 23.8 Å². The maximum absolute atomic E-state index is 9.46. The van der Waals surface area contributed by atoms with E-state index in [9.17, 15) is 20.4 Å². The Morgan fingerprint density at radius 2 is 1.05 bits per heavy atom. The van der Waals surface area contributed by atoms with E-state index in [2.05, 4.69) is 0 Å². The van der Waals surface area contributed by atoms with Crippen LogP contribution in [0, 0.1) is 0 Å². The van der Waals surface area contributed by atoms with E-state index in [1.807, 2.05) is 12.4 Å². The van der Waals surface area contributed by atoms with Crippen molar-refractivity contribution < 1.29 is 29.4 Å². The van der Waals surface area contributed by atoms with E-state index in [-0.39, 0.29) is 48.5 Å². The van der Waals surface area contributed by atoms with Crippen LogP contribution >= 0.6 is 0 Å². The maximum Gasteiger partial charge on any atom is 0.182 e. The van der Waals surface area contributed by atoms with E-state index in [1.165, 1.54) is 0 Å². The molecule has 0 saturated heterocycles. The summed E-state index contributed by atoms with van der Waals surface area (Å²) in [6.07, 6.45) is 3.83. The fourth-order valence-electron chi connectivity index (χ4n) is 3.26. The average molecular weight is 318 g/mol. The summed E-state index contributed by atoms with van der Waals surface area (Å²) >= 11 is 0. The fourth-order valence-corrected chi connectivity index (χ4v) is 3.26. The van der Waals surface area contributed by atoms with Gasteiger partial charge in [-0.25, -0.2) is 0 Å². The summed E-state index contributed by atoms with van der Waals surface area (Å²) in [4.78, 5) is 0. The lowest BCUT2D eigenvalue weighted by atomic mass is 10.1. The zero-order valence-corrected chi connectivity index (χ0v) is 13.1. The molecule has 1 aliphatic rings. The van der Waals surface area contributed by atoms with E-state index in [0.717, 1.165) is 11.4 Å². The third kappa shape index (κ3) is 3.73. The molecule has 0 spiro atoms. The lowest BCUT2D eigenvalue weighted by Gasteiger charge is -2.45. The molecule has 0 radical (unpaired) electrons. The van der Waals surface area contributed by atoms with Gasteiger partial charge in [0.2, 0.25) is 0 Å². The van der Waals surface area contributed by atoms with E-state index in [0.29, 0.717) is 26.2 Å². The first-order valence-electron chi connectivity index (χ1n) is 7.59. The van der Waals surface area contributed by atoms with Crippen molar-refractivity contribution in [2.45, 2.75) is 0 Å². The second-order valence-corrected chi connectivity index (χ2v) is 5.51. The lowest BCUT2D eigenvalue weighted by molar-refractivity contribution is -0.903. The van der Waals surface area contributed by atoms with Crippen molar-refractivity contribution >= 4 is 0 Å². The van der Waals surface area contributed by atoms with Crippen LogP contribution < -0.4 is 11.5 Å². The number of rotatable bonds is 10. The normalized spacial score (nSPS) is 19.7. The van der Waals surface area contributed by atoms with Gasteiger partial charge in [-0.2, -0.15) is 0 Å². The molecule has 8 nitrogen and oxygen atoms in total. The summed E-state index contributed by atoms with van der Waals surface area (Å²) in [7, 11) is 0. The van der Waals surface area contributed by atoms with Crippen molar-refractivity contribution in [1.82, 2.24) is 0 Å². The molecule has 128 valence electrons. The van der Waals surface area contributed by atoms with Gasteiger partial charge in [0.25, 0.3) is 0 Å². The SMILES string of the molecule is NCC1=C[N+](CCO)(CCO)C=C(CN)[N+]1(CCO)CCO. The van der Waals surface area contributed by atoms with Gasteiger partial charge in [-0.1, -0.05) is 0 Å². The summed E-state index contributed by atoms with van der Waals surface area (Å²) in [5.41, 5.74) is 13.5. The van der Waals surface area contributed by atoms with E-state index >= 15 is 0 Å². The molecule has 0 aromatic rings. The Bertz CT molecular complexity index is 374. The zero-order valence-electron chi connectivity index (χ0n) is 13.1. The number of aliphatic hydroxyl groups is 4. The van der Waals surface area contributed by atoms with E-state index in [4.69, 9.17) is 11.5 Å². The predicted octanol–water partition coefficient (Wildman–Crippen LogP) is -2.80. The Labute approximate surface area is 131 Å². The lowest BCUT2D eigenvalue weighted by Crippen LogP contribution is -2.59. The molecule has 0 saturated carbocycles. The largest absolute Gasteiger partial charge is 0.390 e. The van der Waals surface area contributed by atoms with Crippen molar-refractivity contribution in [3.05, 3.63) is 23.8 Å². The van der Waals surface area contributed by atoms with Gasteiger partial charge in [0, 0.05) is 0 Å². The molecule has 22 heavy (non-hydrogen) atoms. The van der Waals surface area contributed by atoms with Crippen LogP contribution in [0.2, 0.25) is 0 Å². The van der Waals surface area contributed by atoms with Crippen molar-refractivity contribution in [2.75, 3.05) is 65.7 Å². The highest BCUT2D eigenvalue weighted by Crippen LogP contribution is 2.33. The van der Waals surface area contributed by atoms with Gasteiger partial charge in [0.1, 0.15) is 26.2 Å². The standard InChI is InChI=1S/C14H30N4O4/c15-9-13-11-17(1-5-19,2-6-20)12-14(10-16)18(13,3-7-21)4-8-22/h11-12,19-22H,1-10,15-16H2/q+2. The third-order valence-corrected chi connectivity index (χ3v) is 4.33. The van der Waals surface area contributed by atoms with E-state index < -0.39 is 0 Å². The highest BCUT2D eigenvalue weighted by atomic mass is 16.3. The number of aliphatic hydroxyl groups excluding tert-OH is 4. The van der Waals surface area contributed by atoms with Crippen molar-refractivity contribution in [3.63, 3.8) is 0 Å². The molecule has 0 unspecified atom stereocenters. The predicted molar refractivity (Wildman–Crippen MR) is 82.6 cm³/mol. The van der Waals surface area contributed by atoms with Crippen LogP contribution in [0.4, 0.5) is 0 Å². The number of quaternary nitrogens is 2. The van der Waals surface area contributed by atoms with Crippen LogP contribution in [0.25, 0.3) is 0 Å². The summed E-state index contributed by atoms with van der Waals surface area (Å²) in [5, 5.41) is 37.6. The monoisotopic (exact) mass is 318 g/mol. The minimum absolute atomic E-state index is 0.0390. The van der Waals surface area contributed by atoms with E-state index in [1.54, 1.807) is 0 Å². The van der Waals surface area contributed by atoms with Crippen LogP contribution in [0.15, 0.2) is 23.8 Å².